The summed E-state index contributed by atoms with van der Waals surface area (Å²) in [5, 5.41) is 12.9. The molecule has 2 N–H and O–H groups in total. The highest BCUT2D eigenvalue weighted by molar-refractivity contribution is 7.13. The first-order chi connectivity index (χ1) is 13.6. The lowest BCUT2D eigenvalue weighted by Gasteiger charge is -2.15. The average molecular weight is 415 g/mol. The molecule has 1 fully saturated rings. The van der Waals surface area contributed by atoms with Crippen molar-refractivity contribution in [3.8, 4) is 16.3 Å². The number of hydrogen-bond acceptors (Lipinski definition) is 4. The van der Waals surface area contributed by atoms with Crippen LogP contribution in [-0.4, -0.2) is 34.2 Å². The van der Waals surface area contributed by atoms with Crippen molar-refractivity contribution in [2.24, 2.45) is 0 Å². The molecule has 1 aliphatic rings. The number of nitrogens with zero attached hydrogens (tertiary/aromatic N) is 2. The van der Waals surface area contributed by atoms with E-state index in [1.807, 2.05) is 29.6 Å². The van der Waals surface area contributed by atoms with Gasteiger partial charge >= 0.3 is 0 Å². The summed E-state index contributed by atoms with van der Waals surface area (Å²) in [7, 11) is 0. The van der Waals surface area contributed by atoms with Gasteiger partial charge in [0.1, 0.15) is 17.4 Å². The van der Waals surface area contributed by atoms with Crippen LogP contribution < -0.4 is 10.6 Å². The summed E-state index contributed by atoms with van der Waals surface area (Å²) in [4.78, 5) is 26.2. The van der Waals surface area contributed by atoms with Gasteiger partial charge in [0, 0.05) is 11.6 Å². The molecule has 2 amide bonds. The molecule has 3 aromatic rings. The summed E-state index contributed by atoms with van der Waals surface area (Å²) in [6, 6.07) is 12.2. The lowest BCUT2D eigenvalue weighted by molar-refractivity contribution is -0.122. The van der Waals surface area contributed by atoms with Crippen LogP contribution in [-0.2, 0) is 4.79 Å². The number of carbonyl (C=O) groups excluding carboxylic acids is 2. The predicted molar refractivity (Wildman–Crippen MR) is 110 cm³/mol. The monoisotopic (exact) mass is 414 g/mol. The van der Waals surface area contributed by atoms with Crippen molar-refractivity contribution in [2.45, 2.75) is 25.3 Å². The Bertz CT molecular complexity index is 982. The first kappa shape index (κ1) is 18.7. The van der Waals surface area contributed by atoms with Gasteiger partial charge in [0.25, 0.3) is 5.91 Å². The van der Waals surface area contributed by atoms with Gasteiger partial charge in [-0.25, -0.2) is 4.68 Å². The number of hydrogen-bond donors (Lipinski definition) is 2. The zero-order valence-corrected chi connectivity index (χ0v) is 16.6. The summed E-state index contributed by atoms with van der Waals surface area (Å²) >= 11 is 7.55. The third-order valence-corrected chi connectivity index (χ3v) is 5.77. The fourth-order valence-corrected chi connectivity index (χ4v) is 3.98. The van der Waals surface area contributed by atoms with Crippen molar-refractivity contribution in [3.63, 3.8) is 0 Å². The molecule has 1 unspecified atom stereocenters. The molecule has 2 aromatic heterocycles. The molecule has 0 aliphatic carbocycles. The van der Waals surface area contributed by atoms with Gasteiger partial charge in [0.05, 0.1) is 10.6 Å². The van der Waals surface area contributed by atoms with Crippen LogP contribution in [0.15, 0.2) is 47.8 Å². The summed E-state index contributed by atoms with van der Waals surface area (Å²) in [5.74, 6) is -0.464. The number of aromatic nitrogens is 2. The van der Waals surface area contributed by atoms with E-state index < -0.39 is 6.04 Å². The largest absolute Gasteiger partial charge is 0.354 e. The maximum absolute atomic E-state index is 13.0. The molecule has 3 heterocycles. The van der Waals surface area contributed by atoms with Crippen molar-refractivity contribution in [2.75, 3.05) is 6.54 Å². The number of rotatable bonds is 4. The molecule has 4 rings (SSSR count). The topological polar surface area (TPSA) is 76.0 Å². The molecule has 0 bridgehead atoms. The van der Waals surface area contributed by atoms with Gasteiger partial charge in [0.2, 0.25) is 5.91 Å². The molecule has 1 aliphatic heterocycles. The summed E-state index contributed by atoms with van der Waals surface area (Å²) in [5.41, 5.74) is 1.81. The Morgan fingerprint density at radius 2 is 2.07 bits per heavy atom. The van der Waals surface area contributed by atoms with E-state index in [1.54, 1.807) is 34.2 Å². The smallest absolute Gasteiger partial charge is 0.270 e. The van der Waals surface area contributed by atoms with E-state index in [-0.39, 0.29) is 11.8 Å². The van der Waals surface area contributed by atoms with Crippen LogP contribution in [0.3, 0.4) is 0 Å². The van der Waals surface area contributed by atoms with E-state index in [1.165, 1.54) is 0 Å². The van der Waals surface area contributed by atoms with Crippen LogP contribution in [0.25, 0.3) is 16.3 Å². The highest BCUT2D eigenvalue weighted by atomic mass is 35.5. The van der Waals surface area contributed by atoms with Gasteiger partial charge in [-0.2, -0.15) is 5.10 Å². The minimum absolute atomic E-state index is 0.137. The lowest BCUT2D eigenvalue weighted by Crippen LogP contribution is -2.45. The summed E-state index contributed by atoms with van der Waals surface area (Å²) in [6.07, 6.45) is 2.44. The number of carbonyl (C=O) groups is 2. The minimum atomic E-state index is -0.534. The third-order valence-electron chi connectivity index (χ3n) is 4.63. The molecule has 0 saturated carbocycles. The van der Waals surface area contributed by atoms with E-state index in [0.717, 1.165) is 23.4 Å². The highest BCUT2D eigenvalue weighted by Gasteiger charge is 2.25. The second-order valence-corrected chi connectivity index (χ2v) is 7.98. The Morgan fingerprint density at radius 1 is 1.25 bits per heavy atom. The molecule has 144 valence electrons. The Kier molecular flexibility index (Phi) is 5.45. The summed E-state index contributed by atoms with van der Waals surface area (Å²) in [6.45, 7) is 0.649. The van der Waals surface area contributed by atoms with Crippen LogP contribution in [0.4, 0.5) is 0 Å². The molecule has 0 radical (unpaired) electrons. The van der Waals surface area contributed by atoms with Gasteiger partial charge in [-0.1, -0.05) is 17.7 Å². The second kappa shape index (κ2) is 8.16. The van der Waals surface area contributed by atoms with E-state index >= 15 is 0 Å². The Hall–Kier alpha value is -2.64. The molecule has 1 saturated heterocycles. The van der Waals surface area contributed by atoms with Gasteiger partial charge in [-0.3, -0.25) is 9.59 Å². The van der Waals surface area contributed by atoms with E-state index in [2.05, 4.69) is 15.7 Å². The number of amides is 2. The lowest BCUT2D eigenvalue weighted by atomic mass is 10.1. The number of benzene rings is 1. The van der Waals surface area contributed by atoms with Gasteiger partial charge in [0.15, 0.2) is 0 Å². The molecule has 8 heteroatoms. The Labute approximate surface area is 171 Å². The third kappa shape index (κ3) is 3.95. The van der Waals surface area contributed by atoms with Crippen molar-refractivity contribution in [3.05, 3.63) is 58.6 Å². The maximum atomic E-state index is 13.0. The van der Waals surface area contributed by atoms with Crippen LogP contribution in [0, 0.1) is 0 Å². The molecule has 0 spiro atoms. The quantitative estimate of drug-likeness (QED) is 0.684. The van der Waals surface area contributed by atoms with E-state index in [4.69, 9.17) is 11.6 Å². The Morgan fingerprint density at radius 3 is 2.82 bits per heavy atom. The van der Waals surface area contributed by atoms with Crippen molar-refractivity contribution in [1.82, 2.24) is 20.4 Å². The first-order valence-corrected chi connectivity index (χ1v) is 10.4. The molecular weight excluding hydrogens is 396 g/mol. The minimum Gasteiger partial charge on any atom is -0.354 e. The highest BCUT2D eigenvalue weighted by Crippen LogP contribution is 2.26. The number of thiophene rings is 1. The van der Waals surface area contributed by atoms with Crippen LogP contribution in [0.1, 0.15) is 29.8 Å². The fourth-order valence-electron chi connectivity index (χ4n) is 3.18. The van der Waals surface area contributed by atoms with Gasteiger partial charge in [-0.05, 0) is 61.0 Å². The first-order valence-electron chi connectivity index (χ1n) is 9.10. The molecule has 1 atom stereocenters. The molecule has 28 heavy (non-hydrogen) atoms. The van der Waals surface area contributed by atoms with Crippen LogP contribution >= 0.6 is 22.9 Å². The summed E-state index contributed by atoms with van der Waals surface area (Å²) < 4.78 is 1.59. The normalized spacial score (nSPS) is 17.0. The van der Waals surface area contributed by atoms with Crippen LogP contribution in [0.5, 0.6) is 0 Å². The SMILES string of the molecule is O=C(NC1CCCCNC1=O)c1cc(-c2cccs2)nn1-c1ccc(Cl)cc1. The molecule has 1 aromatic carbocycles. The van der Waals surface area contributed by atoms with Gasteiger partial charge in [-0.15, -0.1) is 11.3 Å². The van der Waals surface area contributed by atoms with Crippen molar-refractivity contribution in [1.29, 1.82) is 0 Å². The second-order valence-electron chi connectivity index (χ2n) is 6.59. The van der Waals surface area contributed by atoms with Crippen LogP contribution in [0.2, 0.25) is 5.02 Å². The van der Waals surface area contributed by atoms with Gasteiger partial charge < -0.3 is 10.6 Å². The number of halogens is 1. The zero-order valence-electron chi connectivity index (χ0n) is 15.0. The average Bonchev–Trinajstić information content (AvgIpc) is 3.33. The standard InChI is InChI=1S/C20H19ClN4O2S/c21-13-6-8-14(9-7-13)25-17(12-16(24-25)18-5-3-11-28-18)20(27)23-15-4-1-2-10-22-19(15)26/h3,5-9,11-12,15H,1-2,4,10H2,(H,22,26)(H,23,27). The molecule has 6 nitrogen and oxygen atoms in total. The zero-order chi connectivity index (χ0) is 19.5. The number of nitrogens with one attached hydrogen (secondary N) is 2. The Balaban J connectivity index is 1.68. The maximum Gasteiger partial charge on any atom is 0.270 e. The molecular formula is C20H19ClN4O2S. The predicted octanol–water partition coefficient (Wildman–Crippen LogP) is 3.65. The van der Waals surface area contributed by atoms with E-state index in [0.29, 0.717) is 29.4 Å². The van der Waals surface area contributed by atoms with Crippen molar-refractivity contribution >= 4 is 34.8 Å². The van der Waals surface area contributed by atoms with E-state index in [9.17, 15) is 9.59 Å². The van der Waals surface area contributed by atoms with Crippen molar-refractivity contribution < 1.29 is 9.59 Å². The fraction of sp³-hybridized carbons (Fsp3) is 0.250.